The second-order valence-electron chi connectivity index (χ2n) is 1.35. The van der Waals surface area contributed by atoms with Crippen molar-refractivity contribution in [1.29, 1.82) is 0 Å². The van der Waals surface area contributed by atoms with Gasteiger partial charge < -0.3 is 0 Å². The summed E-state index contributed by atoms with van der Waals surface area (Å²) in [5.74, 6) is 0. The summed E-state index contributed by atoms with van der Waals surface area (Å²) < 4.78 is 0. The highest BCUT2D eigenvalue weighted by molar-refractivity contribution is 6.42. The third kappa shape index (κ3) is 1.71. The molecule has 9 heavy (non-hydrogen) atoms. The van der Waals surface area contributed by atoms with Crippen LogP contribution in [0, 0.1) is 6.20 Å². The monoisotopic (exact) mass is 180 g/mol. The molecule has 0 unspecified atom stereocenters. The van der Waals surface area contributed by atoms with E-state index in [0.717, 1.165) is 0 Å². The van der Waals surface area contributed by atoms with Crippen molar-refractivity contribution in [1.82, 2.24) is 4.98 Å². The topological polar surface area (TPSA) is 12.9 Å². The van der Waals surface area contributed by atoms with Crippen LogP contribution in [0.1, 0.15) is 0 Å². The molecule has 0 fully saturated rings. The lowest BCUT2D eigenvalue weighted by Gasteiger charge is -1.90. The van der Waals surface area contributed by atoms with Crippen LogP contribution in [0.5, 0.6) is 0 Å². The van der Waals surface area contributed by atoms with Gasteiger partial charge in [0.25, 0.3) is 0 Å². The van der Waals surface area contributed by atoms with E-state index >= 15 is 0 Å². The summed E-state index contributed by atoms with van der Waals surface area (Å²) in [6.07, 6.45) is 2.42. The zero-order valence-electron chi connectivity index (χ0n) is 4.16. The lowest BCUT2D eigenvalue weighted by molar-refractivity contribution is 1.31. The van der Waals surface area contributed by atoms with Gasteiger partial charge in [-0.3, -0.25) is 0 Å². The first-order valence-corrected chi connectivity index (χ1v) is 3.23. The molecule has 1 aromatic heterocycles. The van der Waals surface area contributed by atoms with E-state index in [1.165, 1.54) is 6.07 Å². The fourth-order valence-corrected chi connectivity index (χ4v) is 0.806. The zero-order chi connectivity index (χ0) is 6.85. The number of rotatable bonds is 0. The van der Waals surface area contributed by atoms with Gasteiger partial charge in [0.05, 0.1) is 10.0 Å². The van der Waals surface area contributed by atoms with E-state index in [0.29, 0.717) is 15.2 Å². The second kappa shape index (κ2) is 2.74. The molecule has 0 aliphatic heterocycles. The molecular formula is C5HCl3N. The second-order valence-corrected chi connectivity index (χ2v) is 2.53. The molecule has 0 spiro atoms. The maximum Gasteiger partial charge on any atom is 0.131 e. The van der Waals surface area contributed by atoms with Gasteiger partial charge >= 0.3 is 0 Å². The Balaban J connectivity index is 3.17. The van der Waals surface area contributed by atoms with Crippen LogP contribution in [-0.4, -0.2) is 4.98 Å². The van der Waals surface area contributed by atoms with Gasteiger partial charge in [0.15, 0.2) is 0 Å². The molecule has 0 atom stereocenters. The molecule has 0 aliphatic rings. The predicted molar refractivity (Wildman–Crippen MR) is 38.1 cm³/mol. The minimum absolute atomic E-state index is 0.293. The Morgan fingerprint density at radius 1 is 1.33 bits per heavy atom. The highest BCUT2D eigenvalue weighted by Gasteiger charge is 1.97. The third-order valence-corrected chi connectivity index (χ3v) is 1.59. The Labute approximate surface area is 67.6 Å². The maximum atomic E-state index is 5.53. The third-order valence-electron chi connectivity index (χ3n) is 0.716. The molecule has 1 nitrogen and oxygen atoms in total. The summed E-state index contributed by atoms with van der Waals surface area (Å²) in [5, 5.41) is 0.960. The van der Waals surface area contributed by atoms with Crippen LogP contribution in [0.3, 0.4) is 0 Å². The van der Waals surface area contributed by atoms with Gasteiger partial charge in [-0.05, 0) is 6.07 Å². The van der Waals surface area contributed by atoms with Crippen LogP contribution >= 0.6 is 34.8 Å². The molecule has 1 aromatic rings. The normalized spacial score (nSPS) is 9.67. The lowest BCUT2D eigenvalue weighted by Crippen LogP contribution is -1.74. The predicted octanol–water partition coefficient (Wildman–Crippen LogP) is 2.84. The summed E-state index contributed by atoms with van der Waals surface area (Å²) >= 11 is 16.4. The van der Waals surface area contributed by atoms with Gasteiger partial charge in [-0.2, -0.15) is 0 Å². The lowest BCUT2D eigenvalue weighted by atomic mass is 10.5. The van der Waals surface area contributed by atoms with E-state index < -0.39 is 0 Å². The smallest absolute Gasteiger partial charge is 0.131 e. The van der Waals surface area contributed by atoms with Gasteiger partial charge in [0.2, 0.25) is 0 Å². The minimum atomic E-state index is 0.293. The molecule has 0 N–H and O–H groups in total. The van der Waals surface area contributed by atoms with Crippen LogP contribution < -0.4 is 0 Å². The molecular weight excluding hydrogens is 180 g/mol. The van der Waals surface area contributed by atoms with Gasteiger partial charge in [-0.1, -0.05) is 34.8 Å². The molecule has 0 saturated heterocycles. The van der Waals surface area contributed by atoms with E-state index in [4.69, 9.17) is 34.8 Å². The van der Waals surface area contributed by atoms with Crippen LogP contribution in [0.2, 0.25) is 15.2 Å². The van der Waals surface area contributed by atoms with E-state index in [2.05, 4.69) is 11.2 Å². The number of aromatic nitrogens is 1. The number of halogens is 3. The number of hydrogen-bond acceptors (Lipinski definition) is 1. The molecule has 0 aliphatic carbocycles. The zero-order valence-corrected chi connectivity index (χ0v) is 6.43. The van der Waals surface area contributed by atoms with Gasteiger partial charge in [0.1, 0.15) is 11.3 Å². The molecule has 47 valence electrons. The highest BCUT2D eigenvalue weighted by atomic mass is 35.5. The van der Waals surface area contributed by atoms with Crippen LogP contribution in [-0.2, 0) is 0 Å². The van der Waals surface area contributed by atoms with Crippen molar-refractivity contribution >= 4 is 34.8 Å². The van der Waals surface area contributed by atoms with Crippen molar-refractivity contribution < 1.29 is 0 Å². The largest absolute Gasteiger partial charge is 0.233 e. The van der Waals surface area contributed by atoms with E-state index in [1.54, 1.807) is 0 Å². The molecule has 1 radical (unpaired) electrons. The van der Waals surface area contributed by atoms with Gasteiger partial charge in [0, 0.05) is 0 Å². The molecule has 0 amide bonds. The quantitative estimate of drug-likeness (QED) is 0.561. The van der Waals surface area contributed by atoms with Crippen molar-refractivity contribution in [2.75, 3.05) is 0 Å². The molecule has 1 rings (SSSR count). The van der Waals surface area contributed by atoms with E-state index in [1.807, 2.05) is 0 Å². The summed E-state index contributed by atoms with van der Waals surface area (Å²) in [6, 6.07) is 1.46. The fraction of sp³-hybridized carbons (Fsp3) is 0. The van der Waals surface area contributed by atoms with E-state index in [9.17, 15) is 0 Å². The standard InChI is InChI=1S/C5HCl3N/c6-3-1-5(8)9-2-4(3)7/h1H. The summed E-state index contributed by atoms with van der Waals surface area (Å²) in [6.45, 7) is 0. The Bertz CT molecular complexity index is 223. The number of hydrogen-bond donors (Lipinski definition) is 0. The summed E-state index contributed by atoms with van der Waals surface area (Å²) in [7, 11) is 0. The van der Waals surface area contributed by atoms with Crippen LogP contribution in [0.15, 0.2) is 6.07 Å². The minimum Gasteiger partial charge on any atom is -0.233 e. The Hall–Kier alpha value is 0.0200. The molecule has 0 saturated carbocycles. The number of pyridine rings is 1. The van der Waals surface area contributed by atoms with E-state index in [-0.39, 0.29) is 0 Å². The molecule has 0 bridgehead atoms. The van der Waals surface area contributed by atoms with Gasteiger partial charge in [-0.25, -0.2) is 4.98 Å². The SMILES string of the molecule is Clc1cc(Cl)c(Cl)[c]n1. The maximum absolute atomic E-state index is 5.53. The molecule has 4 heteroatoms. The fourth-order valence-electron chi connectivity index (χ4n) is 0.356. The first kappa shape index (κ1) is 7.13. The van der Waals surface area contributed by atoms with Crippen molar-refractivity contribution in [3.8, 4) is 0 Å². The average molecular weight is 181 g/mol. The number of nitrogens with zero attached hydrogens (tertiary/aromatic N) is 1. The Morgan fingerprint density at radius 2 is 2.00 bits per heavy atom. The van der Waals surface area contributed by atoms with Crippen LogP contribution in [0.25, 0.3) is 0 Å². The van der Waals surface area contributed by atoms with Crippen LogP contribution in [0.4, 0.5) is 0 Å². The average Bonchev–Trinajstić information content (AvgIpc) is 1.80. The molecule has 0 aromatic carbocycles. The van der Waals surface area contributed by atoms with Crippen molar-refractivity contribution in [3.63, 3.8) is 0 Å². The Morgan fingerprint density at radius 3 is 2.44 bits per heavy atom. The molecule has 1 heterocycles. The summed E-state index contributed by atoms with van der Waals surface area (Å²) in [5.41, 5.74) is 0. The Kier molecular flexibility index (Phi) is 2.17. The van der Waals surface area contributed by atoms with Gasteiger partial charge in [-0.15, -0.1) is 0 Å². The van der Waals surface area contributed by atoms with Crippen molar-refractivity contribution in [3.05, 3.63) is 27.5 Å². The summed E-state index contributed by atoms with van der Waals surface area (Å²) in [4.78, 5) is 3.56. The van der Waals surface area contributed by atoms with Crippen molar-refractivity contribution in [2.24, 2.45) is 0 Å². The highest BCUT2D eigenvalue weighted by Crippen LogP contribution is 2.21. The first-order chi connectivity index (χ1) is 4.20. The van der Waals surface area contributed by atoms with Crippen molar-refractivity contribution in [2.45, 2.75) is 0 Å². The first-order valence-electron chi connectivity index (χ1n) is 2.09.